The standard InChI is InChI=1S/C18H24N2O/c1-14-5-9-17(3,10-6-14)16-13-19-20(21-16)18(4)11-7-15(2)8-12-18/h5-9,11,13,19H,10,12H2,1-4H3. The first kappa shape index (κ1) is 14.2. The van der Waals surface area contributed by atoms with E-state index in [1.54, 1.807) is 0 Å². The molecule has 0 bridgehead atoms. The normalized spacial score (nSPS) is 35.7. The molecule has 3 aliphatic rings. The Balaban J connectivity index is 1.71. The van der Waals surface area contributed by atoms with Crippen molar-refractivity contribution in [1.29, 1.82) is 0 Å². The molecule has 0 fully saturated rings. The fourth-order valence-electron chi connectivity index (χ4n) is 2.76. The number of hydrogen-bond donors (Lipinski definition) is 1. The van der Waals surface area contributed by atoms with Crippen LogP contribution in [0.4, 0.5) is 0 Å². The Morgan fingerprint density at radius 1 is 1.05 bits per heavy atom. The summed E-state index contributed by atoms with van der Waals surface area (Å²) < 4.78 is 0. The maximum atomic E-state index is 6.14. The number of rotatable bonds is 2. The lowest BCUT2D eigenvalue weighted by Gasteiger charge is -2.37. The van der Waals surface area contributed by atoms with Crippen molar-refractivity contribution < 1.29 is 4.84 Å². The third-order valence-corrected chi connectivity index (χ3v) is 4.63. The average molecular weight is 284 g/mol. The van der Waals surface area contributed by atoms with Crippen LogP contribution >= 0.6 is 0 Å². The smallest absolute Gasteiger partial charge is 0.154 e. The summed E-state index contributed by atoms with van der Waals surface area (Å²) in [7, 11) is 0. The van der Waals surface area contributed by atoms with Crippen LogP contribution in [-0.4, -0.2) is 10.7 Å². The molecule has 0 amide bonds. The lowest BCUT2D eigenvalue weighted by Crippen LogP contribution is -2.48. The fourth-order valence-corrected chi connectivity index (χ4v) is 2.76. The van der Waals surface area contributed by atoms with E-state index in [0.29, 0.717) is 0 Å². The molecule has 1 heterocycles. The minimum atomic E-state index is -0.155. The number of hydrogen-bond acceptors (Lipinski definition) is 3. The van der Waals surface area contributed by atoms with Gasteiger partial charge in [0.1, 0.15) is 0 Å². The van der Waals surface area contributed by atoms with Crippen LogP contribution in [0.2, 0.25) is 0 Å². The molecular formula is C18H24N2O. The van der Waals surface area contributed by atoms with Gasteiger partial charge in [-0.1, -0.05) is 47.6 Å². The Kier molecular flexibility index (Phi) is 3.33. The van der Waals surface area contributed by atoms with E-state index in [2.05, 4.69) is 69.6 Å². The largest absolute Gasteiger partial charge is 0.387 e. The third-order valence-electron chi connectivity index (χ3n) is 4.63. The van der Waals surface area contributed by atoms with Gasteiger partial charge in [-0.15, -0.1) is 0 Å². The zero-order valence-corrected chi connectivity index (χ0v) is 13.3. The van der Waals surface area contributed by atoms with Crippen LogP contribution in [0.25, 0.3) is 0 Å². The summed E-state index contributed by atoms with van der Waals surface area (Å²) in [6.45, 7) is 8.65. The van der Waals surface area contributed by atoms with Gasteiger partial charge in [0, 0.05) is 0 Å². The number of allylic oxidation sites excluding steroid dienone is 6. The van der Waals surface area contributed by atoms with E-state index in [0.717, 1.165) is 18.6 Å². The van der Waals surface area contributed by atoms with E-state index < -0.39 is 0 Å². The summed E-state index contributed by atoms with van der Waals surface area (Å²) in [6.07, 6.45) is 17.2. The molecule has 3 nitrogen and oxygen atoms in total. The molecule has 3 heteroatoms. The molecule has 2 atom stereocenters. The van der Waals surface area contributed by atoms with E-state index in [1.165, 1.54) is 11.1 Å². The van der Waals surface area contributed by atoms with Gasteiger partial charge >= 0.3 is 0 Å². The Labute approximate surface area is 127 Å². The second-order valence-corrected chi connectivity index (χ2v) is 6.77. The monoisotopic (exact) mass is 284 g/mol. The third kappa shape index (κ3) is 2.58. The molecule has 0 aromatic carbocycles. The highest BCUT2D eigenvalue weighted by Crippen LogP contribution is 2.40. The Morgan fingerprint density at radius 2 is 1.71 bits per heavy atom. The van der Waals surface area contributed by atoms with Gasteiger partial charge < -0.3 is 4.84 Å². The lowest BCUT2D eigenvalue weighted by atomic mass is 9.80. The molecule has 1 N–H and O–H groups in total. The zero-order valence-electron chi connectivity index (χ0n) is 13.3. The van der Waals surface area contributed by atoms with Gasteiger partial charge in [-0.25, -0.2) is 0 Å². The van der Waals surface area contributed by atoms with Gasteiger partial charge in [0.25, 0.3) is 0 Å². The highest BCUT2D eigenvalue weighted by Gasteiger charge is 2.40. The molecule has 0 spiro atoms. The molecule has 3 rings (SSSR count). The van der Waals surface area contributed by atoms with Crippen molar-refractivity contribution in [1.82, 2.24) is 10.6 Å². The number of nitrogens with zero attached hydrogens (tertiary/aromatic N) is 1. The molecule has 0 aromatic rings. The van der Waals surface area contributed by atoms with Crippen molar-refractivity contribution >= 4 is 0 Å². The highest BCUT2D eigenvalue weighted by atomic mass is 16.7. The maximum absolute atomic E-state index is 6.14. The van der Waals surface area contributed by atoms with E-state index in [4.69, 9.17) is 4.84 Å². The van der Waals surface area contributed by atoms with Crippen molar-refractivity contribution in [2.24, 2.45) is 5.41 Å². The van der Waals surface area contributed by atoms with Crippen LogP contribution in [-0.2, 0) is 4.84 Å². The molecule has 0 radical (unpaired) electrons. The molecule has 0 saturated heterocycles. The minimum Gasteiger partial charge on any atom is -0.387 e. The zero-order chi connectivity index (χ0) is 15.1. The van der Waals surface area contributed by atoms with Crippen LogP contribution < -0.4 is 5.43 Å². The maximum Gasteiger partial charge on any atom is 0.154 e. The summed E-state index contributed by atoms with van der Waals surface area (Å²) in [5.74, 6) is 0.975. The Bertz CT molecular complexity index is 596. The second kappa shape index (κ2) is 4.92. The minimum absolute atomic E-state index is 0.0677. The van der Waals surface area contributed by atoms with Crippen molar-refractivity contribution in [2.45, 2.75) is 46.1 Å². The number of hydrazine groups is 1. The fraction of sp³-hybridized carbons (Fsp3) is 0.444. The van der Waals surface area contributed by atoms with Crippen molar-refractivity contribution in [3.05, 3.63) is 59.6 Å². The topological polar surface area (TPSA) is 24.5 Å². The molecule has 21 heavy (non-hydrogen) atoms. The first-order chi connectivity index (χ1) is 9.91. The van der Waals surface area contributed by atoms with Gasteiger partial charge in [0.05, 0.1) is 17.2 Å². The van der Waals surface area contributed by atoms with Gasteiger partial charge in [-0.05, 0) is 45.7 Å². The first-order valence-corrected chi connectivity index (χ1v) is 7.58. The van der Waals surface area contributed by atoms with Crippen LogP contribution in [0.15, 0.2) is 59.6 Å². The molecule has 0 aromatic heterocycles. The SMILES string of the molecule is CC1=CCC(C)(C2=CNN(C3(C)C=CC(C)=CC3)O2)C=C1. The molecular weight excluding hydrogens is 260 g/mol. The van der Waals surface area contributed by atoms with Crippen molar-refractivity contribution in [2.75, 3.05) is 0 Å². The van der Waals surface area contributed by atoms with Crippen LogP contribution in [0, 0.1) is 5.41 Å². The van der Waals surface area contributed by atoms with Gasteiger partial charge in [-0.2, -0.15) is 0 Å². The molecule has 2 unspecified atom stereocenters. The molecule has 0 saturated carbocycles. The van der Waals surface area contributed by atoms with Gasteiger partial charge in [0.15, 0.2) is 5.76 Å². The molecule has 112 valence electrons. The average Bonchev–Trinajstić information content (AvgIpc) is 2.97. The summed E-state index contributed by atoms with van der Waals surface area (Å²) in [4.78, 5) is 6.14. The van der Waals surface area contributed by atoms with E-state index in [1.807, 2.05) is 11.4 Å². The van der Waals surface area contributed by atoms with E-state index in [-0.39, 0.29) is 11.0 Å². The molecule has 1 aliphatic heterocycles. The predicted molar refractivity (Wildman–Crippen MR) is 85.7 cm³/mol. The van der Waals surface area contributed by atoms with E-state index >= 15 is 0 Å². The summed E-state index contributed by atoms with van der Waals surface area (Å²) in [5.41, 5.74) is 5.68. The van der Waals surface area contributed by atoms with Crippen molar-refractivity contribution in [3.8, 4) is 0 Å². The van der Waals surface area contributed by atoms with Crippen LogP contribution in [0.1, 0.15) is 40.5 Å². The lowest BCUT2D eigenvalue weighted by molar-refractivity contribution is -0.189. The number of nitrogens with one attached hydrogen (secondary N) is 1. The predicted octanol–water partition coefficient (Wildman–Crippen LogP) is 4.16. The van der Waals surface area contributed by atoms with E-state index in [9.17, 15) is 0 Å². The summed E-state index contributed by atoms with van der Waals surface area (Å²) >= 11 is 0. The second-order valence-electron chi connectivity index (χ2n) is 6.77. The summed E-state index contributed by atoms with van der Waals surface area (Å²) in [6, 6.07) is 0. The number of hydroxylamine groups is 1. The van der Waals surface area contributed by atoms with Crippen LogP contribution in [0.5, 0.6) is 0 Å². The Hall–Kier alpha value is -1.74. The first-order valence-electron chi connectivity index (χ1n) is 7.58. The van der Waals surface area contributed by atoms with Crippen molar-refractivity contribution in [3.63, 3.8) is 0 Å². The van der Waals surface area contributed by atoms with Gasteiger partial charge in [-0.3, -0.25) is 5.43 Å². The quantitative estimate of drug-likeness (QED) is 0.824. The highest BCUT2D eigenvalue weighted by molar-refractivity contribution is 5.31. The Morgan fingerprint density at radius 3 is 2.29 bits per heavy atom. The molecule has 2 aliphatic carbocycles. The summed E-state index contributed by atoms with van der Waals surface area (Å²) in [5, 5.41) is 1.87. The van der Waals surface area contributed by atoms with Crippen LogP contribution in [0.3, 0.4) is 0 Å². The van der Waals surface area contributed by atoms with Gasteiger partial charge in [0.2, 0.25) is 0 Å².